The molecule has 0 aliphatic carbocycles. The van der Waals surface area contributed by atoms with Crippen molar-refractivity contribution in [1.29, 1.82) is 0 Å². The van der Waals surface area contributed by atoms with Crippen molar-refractivity contribution in [3.8, 4) is 0 Å². The van der Waals surface area contributed by atoms with Crippen molar-refractivity contribution in [1.82, 2.24) is 15.6 Å². The quantitative estimate of drug-likeness (QED) is 0.677. The van der Waals surface area contributed by atoms with Crippen LogP contribution in [0.2, 0.25) is 0 Å². The lowest BCUT2D eigenvalue weighted by molar-refractivity contribution is -0.139. The van der Waals surface area contributed by atoms with Crippen LogP contribution in [0, 0.1) is 0 Å². The number of benzene rings is 1. The van der Waals surface area contributed by atoms with Crippen molar-refractivity contribution in [3.05, 3.63) is 36.0 Å². The molecule has 2 aromatic rings. The number of hydrogen-bond donors (Lipinski definition) is 4. The Bertz CT molecular complexity index is 648. The number of carbonyl (C=O) groups excluding carboxylic acids is 1. The van der Waals surface area contributed by atoms with E-state index in [1.54, 1.807) is 6.20 Å². The highest BCUT2D eigenvalue weighted by atomic mass is 16.4. The molecule has 0 fully saturated rings. The fraction of sp³-hybridized carbons (Fsp3) is 0.333. The van der Waals surface area contributed by atoms with Crippen LogP contribution in [0.5, 0.6) is 0 Å². The number of aromatic amines is 1. The molecule has 2 rings (SSSR count). The highest BCUT2D eigenvalue weighted by Gasteiger charge is 2.21. The van der Waals surface area contributed by atoms with Crippen molar-refractivity contribution in [2.45, 2.75) is 32.4 Å². The molecule has 1 atom stereocenters. The number of amides is 2. The molecule has 0 saturated carbocycles. The van der Waals surface area contributed by atoms with Gasteiger partial charge in [0.05, 0.1) is 0 Å². The van der Waals surface area contributed by atoms with Gasteiger partial charge >= 0.3 is 12.0 Å². The van der Waals surface area contributed by atoms with Gasteiger partial charge in [0, 0.05) is 29.6 Å². The number of hydrogen-bond acceptors (Lipinski definition) is 2. The Labute approximate surface area is 122 Å². The molecule has 0 unspecified atom stereocenters. The minimum Gasteiger partial charge on any atom is -0.480 e. The zero-order valence-corrected chi connectivity index (χ0v) is 12.0. The lowest BCUT2D eigenvalue weighted by Crippen LogP contribution is -2.48. The van der Waals surface area contributed by atoms with Gasteiger partial charge in [0.1, 0.15) is 6.04 Å². The number of H-pyrrole nitrogens is 1. The van der Waals surface area contributed by atoms with Gasteiger partial charge < -0.3 is 20.7 Å². The third kappa shape index (κ3) is 3.75. The molecular formula is C15H19N3O3. The van der Waals surface area contributed by atoms with Gasteiger partial charge in [-0.15, -0.1) is 0 Å². The fourth-order valence-electron chi connectivity index (χ4n) is 2.18. The molecule has 1 aromatic heterocycles. The van der Waals surface area contributed by atoms with E-state index in [0.29, 0.717) is 0 Å². The zero-order chi connectivity index (χ0) is 15.4. The standard InChI is InChI=1S/C15H19N3O3/c1-9(2)17-15(21)18-13(14(19)20)7-10-8-16-12-6-4-3-5-11(10)12/h3-6,8-9,13,16H,7H2,1-2H3,(H,19,20)(H2,17,18,21)/t13-/m0/s1. The molecule has 21 heavy (non-hydrogen) atoms. The molecule has 0 radical (unpaired) electrons. The molecule has 2 amide bonds. The Morgan fingerprint density at radius 2 is 1.95 bits per heavy atom. The molecule has 0 saturated heterocycles. The predicted molar refractivity (Wildman–Crippen MR) is 80.2 cm³/mol. The highest BCUT2D eigenvalue weighted by Crippen LogP contribution is 2.19. The minimum absolute atomic E-state index is 0.0486. The molecule has 4 N–H and O–H groups in total. The van der Waals surface area contributed by atoms with Crippen LogP contribution in [0.25, 0.3) is 10.9 Å². The minimum atomic E-state index is -1.06. The van der Waals surface area contributed by atoms with E-state index in [4.69, 9.17) is 0 Å². The van der Waals surface area contributed by atoms with E-state index in [1.165, 1.54) is 0 Å². The number of carbonyl (C=O) groups is 2. The number of urea groups is 1. The van der Waals surface area contributed by atoms with Crippen molar-refractivity contribution in [2.24, 2.45) is 0 Å². The Balaban J connectivity index is 2.13. The van der Waals surface area contributed by atoms with Crippen LogP contribution in [-0.2, 0) is 11.2 Å². The smallest absolute Gasteiger partial charge is 0.326 e. The molecule has 0 aliphatic heterocycles. The number of nitrogens with one attached hydrogen (secondary N) is 3. The summed E-state index contributed by atoms with van der Waals surface area (Å²) in [6.07, 6.45) is 2.01. The van der Waals surface area contributed by atoms with Crippen LogP contribution in [-0.4, -0.2) is 34.2 Å². The van der Waals surface area contributed by atoms with Crippen LogP contribution < -0.4 is 10.6 Å². The number of carboxylic acid groups (broad SMARTS) is 1. The first-order valence-electron chi connectivity index (χ1n) is 6.82. The summed E-state index contributed by atoms with van der Waals surface area (Å²) in [5.41, 5.74) is 1.81. The summed E-state index contributed by atoms with van der Waals surface area (Å²) in [6.45, 7) is 3.63. The second-order valence-electron chi connectivity index (χ2n) is 5.23. The van der Waals surface area contributed by atoms with Crippen LogP contribution in [0.3, 0.4) is 0 Å². The first-order valence-corrected chi connectivity index (χ1v) is 6.82. The largest absolute Gasteiger partial charge is 0.480 e. The predicted octanol–water partition coefficient (Wildman–Crippen LogP) is 1.87. The van der Waals surface area contributed by atoms with E-state index < -0.39 is 18.0 Å². The molecule has 0 aliphatic rings. The van der Waals surface area contributed by atoms with Gasteiger partial charge in [-0.3, -0.25) is 0 Å². The Morgan fingerprint density at radius 1 is 1.24 bits per heavy atom. The average Bonchev–Trinajstić information content (AvgIpc) is 2.80. The number of rotatable bonds is 5. The van der Waals surface area contributed by atoms with Gasteiger partial charge in [-0.25, -0.2) is 9.59 Å². The Hall–Kier alpha value is -2.50. The van der Waals surface area contributed by atoms with E-state index in [2.05, 4.69) is 15.6 Å². The van der Waals surface area contributed by atoms with Gasteiger partial charge in [-0.2, -0.15) is 0 Å². The zero-order valence-electron chi connectivity index (χ0n) is 12.0. The SMILES string of the molecule is CC(C)NC(=O)N[C@@H](Cc1c[nH]c2ccccc12)C(=O)O. The summed E-state index contributed by atoms with van der Waals surface area (Å²) in [5, 5.41) is 15.4. The molecule has 112 valence electrons. The Kier molecular flexibility index (Phi) is 4.47. The lowest BCUT2D eigenvalue weighted by atomic mass is 10.1. The van der Waals surface area contributed by atoms with E-state index in [-0.39, 0.29) is 12.5 Å². The van der Waals surface area contributed by atoms with Crippen LogP contribution in [0.4, 0.5) is 4.79 Å². The second kappa shape index (κ2) is 6.30. The maximum atomic E-state index is 11.7. The van der Waals surface area contributed by atoms with Gasteiger partial charge in [0.2, 0.25) is 0 Å². The van der Waals surface area contributed by atoms with Crippen LogP contribution in [0.1, 0.15) is 19.4 Å². The van der Waals surface area contributed by atoms with E-state index in [9.17, 15) is 14.7 Å². The molecule has 0 spiro atoms. The lowest BCUT2D eigenvalue weighted by Gasteiger charge is -2.16. The van der Waals surface area contributed by atoms with Gasteiger partial charge in [-0.05, 0) is 25.5 Å². The first-order chi connectivity index (χ1) is 9.97. The summed E-state index contributed by atoms with van der Waals surface area (Å²) in [7, 11) is 0. The monoisotopic (exact) mass is 289 g/mol. The van der Waals surface area contributed by atoms with Crippen molar-refractivity contribution >= 4 is 22.9 Å². The van der Waals surface area contributed by atoms with Crippen molar-refractivity contribution in [3.63, 3.8) is 0 Å². The summed E-state index contributed by atoms with van der Waals surface area (Å²) >= 11 is 0. The van der Waals surface area contributed by atoms with Crippen LogP contribution in [0.15, 0.2) is 30.5 Å². The number of para-hydroxylation sites is 1. The van der Waals surface area contributed by atoms with Crippen molar-refractivity contribution < 1.29 is 14.7 Å². The summed E-state index contributed by atoms with van der Waals surface area (Å²) in [6, 6.07) is 6.16. The van der Waals surface area contributed by atoms with E-state index in [1.807, 2.05) is 38.1 Å². The molecule has 1 aromatic carbocycles. The molecular weight excluding hydrogens is 270 g/mol. The fourth-order valence-corrected chi connectivity index (χ4v) is 2.18. The van der Waals surface area contributed by atoms with Crippen LogP contribution >= 0.6 is 0 Å². The number of aliphatic carboxylic acids is 1. The number of fused-ring (bicyclic) bond motifs is 1. The van der Waals surface area contributed by atoms with Gasteiger partial charge in [0.15, 0.2) is 0 Å². The maximum Gasteiger partial charge on any atom is 0.326 e. The third-order valence-electron chi connectivity index (χ3n) is 3.12. The average molecular weight is 289 g/mol. The van der Waals surface area contributed by atoms with Crippen molar-refractivity contribution in [2.75, 3.05) is 0 Å². The van der Waals surface area contributed by atoms with Gasteiger partial charge in [0.25, 0.3) is 0 Å². The summed E-state index contributed by atoms with van der Waals surface area (Å²) in [4.78, 5) is 26.1. The Morgan fingerprint density at radius 3 is 2.62 bits per heavy atom. The second-order valence-corrected chi connectivity index (χ2v) is 5.23. The summed E-state index contributed by atoms with van der Waals surface area (Å²) in [5.74, 6) is -1.06. The highest BCUT2D eigenvalue weighted by molar-refractivity contribution is 5.86. The molecule has 6 heteroatoms. The maximum absolute atomic E-state index is 11.7. The first kappa shape index (κ1) is 14.9. The molecule has 1 heterocycles. The molecule has 0 bridgehead atoms. The number of carboxylic acids is 1. The number of aromatic nitrogens is 1. The summed E-state index contributed by atoms with van der Waals surface area (Å²) < 4.78 is 0. The van der Waals surface area contributed by atoms with Gasteiger partial charge in [-0.1, -0.05) is 18.2 Å². The topological polar surface area (TPSA) is 94.2 Å². The third-order valence-corrected chi connectivity index (χ3v) is 3.12. The van der Waals surface area contributed by atoms with E-state index >= 15 is 0 Å². The molecule has 6 nitrogen and oxygen atoms in total. The van der Waals surface area contributed by atoms with E-state index in [0.717, 1.165) is 16.5 Å². The normalized spacial score (nSPS) is 12.3.